The third-order valence-corrected chi connectivity index (χ3v) is 2.83. The minimum atomic E-state index is -0.559. The van der Waals surface area contributed by atoms with Crippen molar-refractivity contribution in [2.75, 3.05) is 24.2 Å². The highest BCUT2D eigenvalue weighted by Gasteiger charge is 2.20. The number of hydrogen-bond donors (Lipinski definition) is 2. The van der Waals surface area contributed by atoms with E-state index in [4.69, 9.17) is 15.2 Å². The van der Waals surface area contributed by atoms with E-state index >= 15 is 0 Å². The van der Waals surface area contributed by atoms with Crippen molar-refractivity contribution in [1.82, 2.24) is 9.97 Å². The molecule has 0 fully saturated rings. The maximum atomic E-state index is 13.4. The molecule has 0 amide bonds. The summed E-state index contributed by atoms with van der Waals surface area (Å²) in [6.07, 6.45) is 0.790. The fourth-order valence-corrected chi connectivity index (χ4v) is 1.88. The van der Waals surface area contributed by atoms with Gasteiger partial charge in [-0.3, -0.25) is 0 Å². The lowest BCUT2D eigenvalue weighted by molar-refractivity contribution is 0.0996. The fourth-order valence-electron chi connectivity index (χ4n) is 1.88. The van der Waals surface area contributed by atoms with Gasteiger partial charge in [0.15, 0.2) is 23.1 Å². The minimum Gasteiger partial charge on any atom is -0.486 e. The molecule has 1 atom stereocenters. The zero-order valence-corrected chi connectivity index (χ0v) is 10.5. The van der Waals surface area contributed by atoms with E-state index in [1.54, 1.807) is 0 Å². The number of anilines is 2. The van der Waals surface area contributed by atoms with E-state index in [9.17, 15) is 4.39 Å². The van der Waals surface area contributed by atoms with Gasteiger partial charge in [0.2, 0.25) is 5.95 Å². The lowest BCUT2D eigenvalue weighted by Gasteiger charge is -2.26. The van der Waals surface area contributed by atoms with Crippen LogP contribution in [0, 0.1) is 5.82 Å². The number of fused-ring (bicyclic) bond motifs is 1. The van der Waals surface area contributed by atoms with Gasteiger partial charge >= 0.3 is 0 Å². The van der Waals surface area contributed by atoms with Crippen LogP contribution in [-0.4, -0.2) is 29.2 Å². The second-order valence-electron chi connectivity index (χ2n) is 4.30. The number of aromatic nitrogens is 2. The Morgan fingerprint density at radius 2 is 2.15 bits per heavy atom. The van der Waals surface area contributed by atoms with E-state index in [2.05, 4.69) is 15.3 Å². The molecule has 3 N–H and O–H groups in total. The quantitative estimate of drug-likeness (QED) is 0.883. The highest BCUT2D eigenvalue weighted by atomic mass is 19.1. The molecule has 104 valence electrons. The van der Waals surface area contributed by atoms with Crippen LogP contribution in [0.4, 0.5) is 16.2 Å². The maximum Gasteiger partial charge on any atom is 0.222 e. The van der Waals surface area contributed by atoms with E-state index in [0.29, 0.717) is 24.7 Å². The van der Waals surface area contributed by atoms with Crippen LogP contribution in [0.2, 0.25) is 0 Å². The van der Waals surface area contributed by atoms with Crippen molar-refractivity contribution in [1.29, 1.82) is 0 Å². The van der Waals surface area contributed by atoms with Gasteiger partial charge in [-0.2, -0.15) is 4.98 Å². The number of halogens is 1. The number of hydrogen-bond acceptors (Lipinski definition) is 6. The summed E-state index contributed by atoms with van der Waals surface area (Å²) in [7, 11) is 0. The first kappa shape index (κ1) is 12.5. The molecule has 1 unspecified atom stereocenters. The number of para-hydroxylation sites is 2. The molecule has 6 nitrogen and oxygen atoms in total. The minimum absolute atomic E-state index is 0.0139. The molecule has 2 heterocycles. The molecular formula is C13H13FN4O2. The SMILES string of the molecule is Nc1ncc(F)c(NCC2COc3ccccc3O2)n1. The van der Waals surface area contributed by atoms with Gasteiger partial charge in [0.1, 0.15) is 12.7 Å². The van der Waals surface area contributed by atoms with Gasteiger partial charge in [0.25, 0.3) is 0 Å². The van der Waals surface area contributed by atoms with Gasteiger partial charge in [0.05, 0.1) is 12.7 Å². The molecule has 1 aliphatic rings. The van der Waals surface area contributed by atoms with Crippen molar-refractivity contribution in [3.63, 3.8) is 0 Å². The Morgan fingerprint density at radius 3 is 3.00 bits per heavy atom. The Morgan fingerprint density at radius 1 is 1.35 bits per heavy atom. The van der Waals surface area contributed by atoms with Crippen molar-refractivity contribution in [3.05, 3.63) is 36.3 Å². The van der Waals surface area contributed by atoms with Gasteiger partial charge in [-0.15, -0.1) is 0 Å². The largest absolute Gasteiger partial charge is 0.486 e. The summed E-state index contributed by atoms with van der Waals surface area (Å²) in [6, 6.07) is 7.40. The first-order valence-corrected chi connectivity index (χ1v) is 6.13. The summed E-state index contributed by atoms with van der Waals surface area (Å²) in [5.74, 6) is 0.894. The summed E-state index contributed by atoms with van der Waals surface area (Å²) in [6.45, 7) is 0.730. The van der Waals surface area contributed by atoms with Gasteiger partial charge in [0, 0.05) is 0 Å². The van der Waals surface area contributed by atoms with Crippen molar-refractivity contribution < 1.29 is 13.9 Å². The Bertz CT molecular complexity index is 623. The molecule has 1 aliphatic heterocycles. The van der Waals surface area contributed by atoms with Crippen LogP contribution < -0.4 is 20.5 Å². The molecule has 0 radical (unpaired) electrons. The van der Waals surface area contributed by atoms with Crippen LogP contribution in [0.1, 0.15) is 0 Å². The first-order valence-electron chi connectivity index (χ1n) is 6.13. The highest BCUT2D eigenvalue weighted by Crippen LogP contribution is 2.30. The van der Waals surface area contributed by atoms with E-state index in [1.807, 2.05) is 24.3 Å². The summed E-state index contributed by atoms with van der Waals surface area (Å²) >= 11 is 0. The molecular weight excluding hydrogens is 263 g/mol. The predicted octanol–water partition coefficient (Wildman–Crippen LogP) is 1.45. The Labute approximate surface area is 114 Å². The number of nitrogens with one attached hydrogen (secondary N) is 1. The average molecular weight is 276 g/mol. The molecule has 0 aliphatic carbocycles. The van der Waals surface area contributed by atoms with E-state index in [1.165, 1.54) is 0 Å². The first-order chi connectivity index (χ1) is 9.72. The van der Waals surface area contributed by atoms with Crippen LogP contribution in [0.15, 0.2) is 30.5 Å². The second kappa shape index (κ2) is 5.20. The summed E-state index contributed by atoms with van der Waals surface area (Å²) in [5.41, 5.74) is 5.41. The topological polar surface area (TPSA) is 82.3 Å². The van der Waals surface area contributed by atoms with E-state index in [0.717, 1.165) is 6.20 Å². The Hall–Kier alpha value is -2.57. The fraction of sp³-hybridized carbons (Fsp3) is 0.231. The molecule has 7 heteroatoms. The lowest BCUT2D eigenvalue weighted by Crippen LogP contribution is -2.35. The van der Waals surface area contributed by atoms with Gasteiger partial charge in [-0.25, -0.2) is 9.37 Å². The monoisotopic (exact) mass is 276 g/mol. The zero-order valence-electron chi connectivity index (χ0n) is 10.5. The molecule has 1 aromatic heterocycles. The van der Waals surface area contributed by atoms with Crippen molar-refractivity contribution in [2.24, 2.45) is 0 Å². The van der Waals surface area contributed by atoms with Gasteiger partial charge < -0.3 is 20.5 Å². The smallest absolute Gasteiger partial charge is 0.222 e. The van der Waals surface area contributed by atoms with Crippen LogP contribution in [0.3, 0.4) is 0 Å². The standard InChI is InChI=1S/C13H13FN4O2/c14-9-6-17-13(15)18-12(9)16-5-8-7-19-10-3-1-2-4-11(10)20-8/h1-4,6,8H,5,7H2,(H3,15,16,17,18). The number of nitrogen functional groups attached to an aromatic ring is 1. The Balaban J connectivity index is 1.64. The molecule has 0 saturated heterocycles. The predicted molar refractivity (Wildman–Crippen MR) is 71.2 cm³/mol. The van der Waals surface area contributed by atoms with E-state index < -0.39 is 5.82 Å². The number of ether oxygens (including phenoxy) is 2. The van der Waals surface area contributed by atoms with Gasteiger partial charge in [-0.1, -0.05) is 12.1 Å². The third kappa shape index (κ3) is 2.56. The van der Waals surface area contributed by atoms with Crippen LogP contribution in [0.5, 0.6) is 11.5 Å². The third-order valence-electron chi connectivity index (χ3n) is 2.83. The summed E-state index contributed by atoms with van der Waals surface area (Å²) in [5, 5.41) is 2.84. The normalized spacial score (nSPS) is 16.8. The van der Waals surface area contributed by atoms with Crippen LogP contribution >= 0.6 is 0 Å². The number of nitrogens with two attached hydrogens (primary N) is 1. The zero-order chi connectivity index (χ0) is 13.9. The average Bonchev–Trinajstić information content (AvgIpc) is 2.48. The lowest BCUT2D eigenvalue weighted by atomic mass is 10.2. The molecule has 0 saturated carbocycles. The molecule has 0 spiro atoms. The Kier molecular flexibility index (Phi) is 3.24. The molecule has 2 aromatic rings. The van der Waals surface area contributed by atoms with Crippen molar-refractivity contribution >= 4 is 11.8 Å². The van der Waals surface area contributed by atoms with E-state index in [-0.39, 0.29) is 17.9 Å². The van der Waals surface area contributed by atoms with Gasteiger partial charge in [-0.05, 0) is 12.1 Å². The molecule has 3 rings (SSSR count). The van der Waals surface area contributed by atoms with Crippen molar-refractivity contribution in [3.8, 4) is 11.5 Å². The summed E-state index contributed by atoms with van der Waals surface area (Å²) < 4.78 is 24.7. The number of benzene rings is 1. The molecule has 20 heavy (non-hydrogen) atoms. The number of nitrogens with zero attached hydrogens (tertiary/aromatic N) is 2. The molecule has 1 aromatic carbocycles. The summed E-state index contributed by atoms with van der Waals surface area (Å²) in [4.78, 5) is 7.35. The molecule has 0 bridgehead atoms. The maximum absolute atomic E-state index is 13.4. The second-order valence-corrected chi connectivity index (χ2v) is 4.30. The number of rotatable bonds is 3. The van der Waals surface area contributed by atoms with Crippen LogP contribution in [-0.2, 0) is 0 Å². The van der Waals surface area contributed by atoms with Crippen molar-refractivity contribution in [2.45, 2.75) is 6.10 Å². The van der Waals surface area contributed by atoms with Crippen LogP contribution in [0.25, 0.3) is 0 Å². The highest BCUT2D eigenvalue weighted by molar-refractivity contribution is 5.42.